The molecule has 11 nitrogen and oxygen atoms in total. The third kappa shape index (κ3) is 7.40. The van der Waals surface area contributed by atoms with Gasteiger partial charge in [-0.3, -0.25) is 13.6 Å². The second kappa shape index (κ2) is 13.6. The van der Waals surface area contributed by atoms with Gasteiger partial charge in [0, 0.05) is 62.8 Å². The van der Waals surface area contributed by atoms with E-state index in [4.69, 9.17) is 15.2 Å². The zero-order valence-electron chi connectivity index (χ0n) is 25.5. The molecular formula is C30H42F3N5O6. The number of fused-ring (bicyclic) bond motifs is 1. The molecule has 5 N–H and O–H groups in total. The van der Waals surface area contributed by atoms with Gasteiger partial charge in [0.25, 0.3) is 0 Å². The number of carbonyl (C=O) groups excluding carboxylic acids is 1. The minimum Gasteiger partial charge on any atom is -0.492 e. The maximum atomic E-state index is 15.1. The van der Waals surface area contributed by atoms with Crippen LogP contribution in [0.25, 0.3) is 10.9 Å². The van der Waals surface area contributed by atoms with Crippen molar-refractivity contribution in [2.24, 2.45) is 23.5 Å². The van der Waals surface area contributed by atoms with Crippen LogP contribution >= 0.6 is 0 Å². The van der Waals surface area contributed by atoms with Crippen LogP contribution in [-0.4, -0.2) is 86.6 Å². The molecule has 1 aromatic heterocycles. The summed E-state index contributed by atoms with van der Waals surface area (Å²) < 4.78 is 53.1. The first-order chi connectivity index (χ1) is 20.8. The molecule has 0 bridgehead atoms. The smallest absolute Gasteiger partial charge is 0.407 e. The zero-order chi connectivity index (χ0) is 32.3. The molecule has 1 amide bonds. The number of benzene rings is 1. The van der Waals surface area contributed by atoms with E-state index in [0.29, 0.717) is 18.6 Å². The van der Waals surface area contributed by atoms with E-state index in [1.165, 1.54) is 13.3 Å². The Morgan fingerprint density at radius 1 is 1.14 bits per heavy atom. The van der Waals surface area contributed by atoms with E-state index >= 15 is 4.39 Å². The Hall–Kier alpha value is -3.52. The first-order valence-corrected chi connectivity index (χ1v) is 14.8. The summed E-state index contributed by atoms with van der Waals surface area (Å²) in [6.07, 6.45) is 2.52. The molecular weight excluding hydrogens is 583 g/mol. The number of carboxylic acids is 1. The minimum atomic E-state index is -1.36. The van der Waals surface area contributed by atoms with Crippen molar-refractivity contribution in [1.82, 2.24) is 15.2 Å². The van der Waals surface area contributed by atoms with Crippen LogP contribution in [0.15, 0.2) is 17.1 Å². The van der Waals surface area contributed by atoms with Gasteiger partial charge in [-0.05, 0) is 45.6 Å². The molecule has 1 aliphatic carbocycles. The van der Waals surface area contributed by atoms with Crippen molar-refractivity contribution < 1.29 is 37.3 Å². The van der Waals surface area contributed by atoms with Gasteiger partial charge in [-0.1, -0.05) is 0 Å². The highest BCUT2D eigenvalue weighted by Gasteiger charge is 2.36. The highest BCUT2D eigenvalue weighted by Crippen LogP contribution is 2.44. The van der Waals surface area contributed by atoms with Crippen molar-refractivity contribution in [1.29, 1.82) is 0 Å². The van der Waals surface area contributed by atoms with Gasteiger partial charge < -0.3 is 40.4 Å². The number of hydrogen-bond donors (Lipinski definition) is 4. The Bertz CT molecular complexity index is 1430. The van der Waals surface area contributed by atoms with Gasteiger partial charge in [-0.2, -0.15) is 0 Å². The number of nitrogens with two attached hydrogens (primary N) is 1. The Morgan fingerprint density at radius 2 is 1.80 bits per heavy atom. The topological polar surface area (TPSA) is 148 Å². The molecule has 0 spiro atoms. The van der Waals surface area contributed by atoms with E-state index in [0.717, 1.165) is 25.5 Å². The predicted molar refractivity (Wildman–Crippen MR) is 160 cm³/mol. The number of aromatic carboxylic acids is 1. The Labute approximate surface area is 253 Å². The van der Waals surface area contributed by atoms with Gasteiger partial charge in [-0.15, -0.1) is 0 Å². The molecule has 0 unspecified atom stereocenters. The number of rotatable bonds is 8. The number of ether oxygens (including phenoxy) is 2. The molecule has 1 aromatic carbocycles. The molecule has 14 heteroatoms. The normalized spacial score (nSPS) is 23.3. The average Bonchev–Trinajstić information content (AvgIpc) is 3.58. The molecule has 44 heavy (non-hydrogen) atoms. The summed E-state index contributed by atoms with van der Waals surface area (Å²) >= 11 is 0. The van der Waals surface area contributed by atoms with Gasteiger partial charge in [0.15, 0.2) is 11.6 Å². The lowest BCUT2D eigenvalue weighted by atomic mass is 9.98. The second-order valence-corrected chi connectivity index (χ2v) is 12.7. The molecule has 244 valence electrons. The van der Waals surface area contributed by atoms with E-state index in [9.17, 15) is 28.3 Å². The number of alkyl carbamates (subject to hydrolysis) is 1. The number of amides is 1. The van der Waals surface area contributed by atoms with Gasteiger partial charge in [-0.25, -0.2) is 14.0 Å². The number of carbonyl (C=O) groups is 2. The Kier molecular flexibility index (Phi) is 10.3. The summed E-state index contributed by atoms with van der Waals surface area (Å²) in [4.78, 5) is 37.2. The fraction of sp³-hybridized carbons (Fsp3) is 0.633. The van der Waals surface area contributed by atoms with Crippen LogP contribution in [0.1, 0.15) is 50.0 Å². The molecule has 3 heterocycles. The molecule has 2 aliphatic heterocycles. The van der Waals surface area contributed by atoms with E-state index < -0.39 is 53.1 Å². The number of methoxy groups -OCH3 is 1. The third-order valence-corrected chi connectivity index (χ3v) is 8.16. The lowest BCUT2D eigenvalue weighted by Crippen LogP contribution is -2.37. The van der Waals surface area contributed by atoms with Crippen LogP contribution in [-0.2, 0) is 4.74 Å². The number of aromatic nitrogens is 1. The van der Waals surface area contributed by atoms with Crippen LogP contribution in [0.5, 0.6) is 5.75 Å². The van der Waals surface area contributed by atoms with Gasteiger partial charge >= 0.3 is 12.1 Å². The van der Waals surface area contributed by atoms with Crippen molar-refractivity contribution in [3.8, 4) is 5.75 Å². The monoisotopic (exact) mass is 625 g/mol. The zero-order valence-corrected chi connectivity index (χ0v) is 25.5. The van der Waals surface area contributed by atoms with Crippen molar-refractivity contribution in [3.63, 3.8) is 0 Å². The van der Waals surface area contributed by atoms with Crippen molar-refractivity contribution in [2.75, 3.05) is 58.1 Å². The van der Waals surface area contributed by atoms with Crippen LogP contribution in [0.4, 0.5) is 23.7 Å². The molecule has 4 atom stereocenters. The van der Waals surface area contributed by atoms with Crippen LogP contribution in [0, 0.1) is 23.6 Å². The number of pyridine rings is 1. The van der Waals surface area contributed by atoms with Gasteiger partial charge in [0.1, 0.15) is 16.9 Å². The fourth-order valence-electron chi connectivity index (χ4n) is 5.70. The number of carboxylic acid groups (broad SMARTS) is 1. The van der Waals surface area contributed by atoms with Crippen molar-refractivity contribution in [3.05, 3.63) is 33.9 Å². The largest absolute Gasteiger partial charge is 0.492 e. The summed E-state index contributed by atoms with van der Waals surface area (Å²) in [5.74, 6) is -2.19. The highest BCUT2D eigenvalue weighted by atomic mass is 19.1. The summed E-state index contributed by atoms with van der Waals surface area (Å²) in [7, 11) is 1.37. The number of nitrogens with one attached hydrogen (secondary N) is 2. The number of anilines is 1. The SMILES string of the molecule is CC(C)(C)OC(=O)NC[C@@H]1CNC[C@@H]1CF.COc1c(N2C[C@H](CF)[C@H](N)C2)c(F)cc2c(=O)c(C(=O)O)cn(C3CC3)c12. The number of halogens is 3. The van der Waals surface area contributed by atoms with E-state index in [1.807, 2.05) is 20.8 Å². The number of hydrogen-bond acceptors (Lipinski definition) is 8. The lowest BCUT2D eigenvalue weighted by molar-refractivity contribution is 0.0515. The molecule has 3 fully saturated rings. The van der Waals surface area contributed by atoms with Crippen LogP contribution in [0.2, 0.25) is 0 Å². The summed E-state index contributed by atoms with van der Waals surface area (Å²) in [6, 6.07) is 0.632. The third-order valence-electron chi connectivity index (χ3n) is 8.16. The molecule has 2 saturated heterocycles. The number of nitrogens with zero attached hydrogens (tertiary/aromatic N) is 2. The van der Waals surface area contributed by atoms with Gasteiger partial charge in [0.05, 0.1) is 31.4 Å². The quantitative estimate of drug-likeness (QED) is 0.347. The standard InChI is InChI=1S/C19H21F2N3O4.C11H21FN2O2/c1-28-18-15-11(17(25)12(19(26)27)7-24(15)10-2-3-10)4-13(21)16(18)23-6-9(5-20)14(22)8-23;1-11(2,3)16-10(15)14-7-9-6-13-5-8(9)4-12/h4,7,9-10,14H,2-3,5-6,8,22H2,1H3,(H,26,27);8-9,13H,4-7H2,1-3H3,(H,14,15)/t9-,14+;8-,9-/m00/s1. The highest BCUT2D eigenvalue weighted by molar-refractivity contribution is 5.97. The van der Waals surface area contributed by atoms with Gasteiger partial charge in [0.2, 0.25) is 5.43 Å². The van der Waals surface area contributed by atoms with E-state index in [-0.39, 0.29) is 54.5 Å². The number of alkyl halides is 2. The van der Waals surface area contributed by atoms with Crippen molar-refractivity contribution in [2.45, 2.75) is 51.3 Å². The molecule has 1 saturated carbocycles. The molecule has 3 aliphatic rings. The van der Waals surface area contributed by atoms with Crippen LogP contribution < -0.4 is 31.4 Å². The maximum absolute atomic E-state index is 15.1. The van der Waals surface area contributed by atoms with Crippen molar-refractivity contribution >= 4 is 28.7 Å². The van der Waals surface area contributed by atoms with E-state index in [2.05, 4.69) is 10.6 Å². The average molecular weight is 626 g/mol. The maximum Gasteiger partial charge on any atom is 0.407 e. The Balaban J connectivity index is 0.000000236. The summed E-state index contributed by atoms with van der Waals surface area (Å²) in [6.45, 7) is 6.90. The predicted octanol–water partition coefficient (Wildman–Crippen LogP) is 3.23. The van der Waals surface area contributed by atoms with Crippen LogP contribution in [0.3, 0.4) is 0 Å². The second-order valence-electron chi connectivity index (χ2n) is 12.7. The molecule has 2 aromatic rings. The molecule has 5 rings (SSSR count). The summed E-state index contributed by atoms with van der Waals surface area (Å²) in [5, 5.41) is 15.1. The molecule has 0 radical (unpaired) electrons. The first kappa shape index (κ1) is 33.4. The minimum absolute atomic E-state index is 0.00920. The Morgan fingerprint density at radius 3 is 2.34 bits per heavy atom. The van der Waals surface area contributed by atoms with E-state index in [1.54, 1.807) is 9.47 Å². The fourth-order valence-corrected chi connectivity index (χ4v) is 5.70. The first-order valence-electron chi connectivity index (χ1n) is 14.8. The summed E-state index contributed by atoms with van der Waals surface area (Å²) in [5.41, 5.74) is 4.79. The lowest BCUT2D eigenvalue weighted by Gasteiger charge is -2.24.